The van der Waals surface area contributed by atoms with Gasteiger partial charge in [0.05, 0.1) is 0 Å². The lowest BCUT2D eigenvalue weighted by molar-refractivity contribution is 0.0586. The number of hydrogen-bond acceptors (Lipinski definition) is 2. The van der Waals surface area contributed by atoms with Crippen molar-refractivity contribution >= 4 is 0 Å². The standard InChI is InChI=1S/C13H26N2/c1-3-14-9-12-7-8-13(12)15(2)10-11-5-4-6-11/h11-14H,3-10H2,1-2H3. The van der Waals surface area contributed by atoms with Gasteiger partial charge in [-0.15, -0.1) is 0 Å². The first-order valence-electron chi connectivity index (χ1n) is 6.72. The largest absolute Gasteiger partial charge is 0.317 e. The van der Waals surface area contributed by atoms with Crippen molar-refractivity contribution in [2.45, 2.75) is 45.1 Å². The number of rotatable bonds is 6. The van der Waals surface area contributed by atoms with Crippen LogP contribution in [0.25, 0.3) is 0 Å². The second kappa shape index (κ2) is 5.31. The van der Waals surface area contributed by atoms with Crippen molar-refractivity contribution in [1.82, 2.24) is 10.2 Å². The Labute approximate surface area is 94.4 Å². The quantitative estimate of drug-likeness (QED) is 0.722. The van der Waals surface area contributed by atoms with Gasteiger partial charge in [0.25, 0.3) is 0 Å². The molecule has 0 aromatic rings. The Morgan fingerprint density at radius 3 is 2.47 bits per heavy atom. The normalized spacial score (nSPS) is 31.4. The van der Waals surface area contributed by atoms with Crippen molar-refractivity contribution < 1.29 is 0 Å². The zero-order valence-corrected chi connectivity index (χ0v) is 10.3. The first kappa shape index (κ1) is 11.4. The highest BCUT2D eigenvalue weighted by Crippen LogP contribution is 2.34. The minimum absolute atomic E-state index is 0.879. The maximum absolute atomic E-state index is 3.49. The van der Waals surface area contributed by atoms with Crippen molar-refractivity contribution in [2.24, 2.45) is 11.8 Å². The lowest BCUT2D eigenvalue weighted by atomic mass is 9.77. The van der Waals surface area contributed by atoms with E-state index in [-0.39, 0.29) is 0 Å². The van der Waals surface area contributed by atoms with E-state index in [2.05, 4.69) is 24.2 Å². The lowest BCUT2D eigenvalue weighted by Gasteiger charge is -2.45. The zero-order valence-electron chi connectivity index (χ0n) is 10.3. The summed E-state index contributed by atoms with van der Waals surface area (Å²) in [5, 5.41) is 3.49. The summed E-state index contributed by atoms with van der Waals surface area (Å²) >= 11 is 0. The molecule has 88 valence electrons. The molecule has 2 atom stereocenters. The van der Waals surface area contributed by atoms with Crippen LogP contribution < -0.4 is 5.32 Å². The predicted molar refractivity (Wildman–Crippen MR) is 65.0 cm³/mol. The molecule has 0 aromatic heterocycles. The van der Waals surface area contributed by atoms with Crippen LogP contribution in [0.2, 0.25) is 0 Å². The molecular weight excluding hydrogens is 184 g/mol. The Bertz CT molecular complexity index is 189. The van der Waals surface area contributed by atoms with Gasteiger partial charge in [0, 0.05) is 12.6 Å². The van der Waals surface area contributed by atoms with Crippen LogP contribution in [-0.2, 0) is 0 Å². The van der Waals surface area contributed by atoms with Crippen LogP contribution in [0.4, 0.5) is 0 Å². The van der Waals surface area contributed by atoms with Gasteiger partial charge in [0.2, 0.25) is 0 Å². The third-order valence-corrected chi connectivity index (χ3v) is 4.37. The van der Waals surface area contributed by atoms with Crippen molar-refractivity contribution in [3.8, 4) is 0 Å². The Hall–Kier alpha value is -0.0800. The van der Waals surface area contributed by atoms with Crippen LogP contribution in [0.1, 0.15) is 39.0 Å². The van der Waals surface area contributed by atoms with Crippen LogP contribution in [0.15, 0.2) is 0 Å². The van der Waals surface area contributed by atoms with E-state index >= 15 is 0 Å². The molecule has 2 rings (SSSR count). The minimum atomic E-state index is 0.879. The second-order valence-electron chi connectivity index (χ2n) is 5.45. The van der Waals surface area contributed by atoms with Gasteiger partial charge in [0.15, 0.2) is 0 Å². The number of nitrogens with one attached hydrogen (secondary N) is 1. The molecule has 2 nitrogen and oxygen atoms in total. The van der Waals surface area contributed by atoms with E-state index in [1.165, 1.54) is 45.2 Å². The fraction of sp³-hybridized carbons (Fsp3) is 1.00. The molecule has 0 bridgehead atoms. The Balaban J connectivity index is 1.67. The molecule has 2 saturated carbocycles. The molecule has 2 aliphatic carbocycles. The number of nitrogens with zero attached hydrogens (tertiary/aromatic N) is 1. The van der Waals surface area contributed by atoms with Gasteiger partial charge in [-0.05, 0) is 57.7 Å². The van der Waals surface area contributed by atoms with Gasteiger partial charge >= 0.3 is 0 Å². The van der Waals surface area contributed by atoms with Crippen LogP contribution in [0.3, 0.4) is 0 Å². The molecule has 15 heavy (non-hydrogen) atoms. The van der Waals surface area contributed by atoms with Gasteiger partial charge < -0.3 is 10.2 Å². The highest BCUT2D eigenvalue weighted by Gasteiger charge is 2.34. The smallest absolute Gasteiger partial charge is 0.0133 e. The van der Waals surface area contributed by atoms with Gasteiger partial charge in [-0.25, -0.2) is 0 Å². The molecule has 2 heteroatoms. The SMILES string of the molecule is CCNCC1CCC1N(C)CC1CCC1. The Morgan fingerprint density at radius 2 is 2.00 bits per heavy atom. The lowest BCUT2D eigenvalue weighted by Crippen LogP contribution is -2.50. The third-order valence-electron chi connectivity index (χ3n) is 4.37. The summed E-state index contributed by atoms with van der Waals surface area (Å²) in [6, 6.07) is 0.879. The first-order chi connectivity index (χ1) is 7.31. The topological polar surface area (TPSA) is 15.3 Å². The Kier molecular flexibility index (Phi) is 4.04. The van der Waals surface area contributed by atoms with Crippen LogP contribution in [-0.4, -0.2) is 37.6 Å². The fourth-order valence-electron chi connectivity index (χ4n) is 2.92. The summed E-state index contributed by atoms with van der Waals surface area (Å²) in [4.78, 5) is 2.63. The van der Waals surface area contributed by atoms with E-state index in [0.29, 0.717) is 0 Å². The van der Waals surface area contributed by atoms with Gasteiger partial charge in [-0.2, -0.15) is 0 Å². The molecule has 0 aromatic carbocycles. The highest BCUT2D eigenvalue weighted by molar-refractivity contribution is 4.90. The monoisotopic (exact) mass is 210 g/mol. The molecule has 2 unspecified atom stereocenters. The zero-order chi connectivity index (χ0) is 10.7. The molecule has 0 radical (unpaired) electrons. The molecule has 0 amide bonds. The molecule has 0 spiro atoms. The van der Waals surface area contributed by atoms with Gasteiger partial charge in [-0.3, -0.25) is 0 Å². The summed E-state index contributed by atoms with van der Waals surface area (Å²) in [6.07, 6.45) is 7.31. The fourth-order valence-corrected chi connectivity index (χ4v) is 2.92. The van der Waals surface area contributed by atoms with Crippen LogP contribution in [0, 0.1) is 11.8 Å². The number of hydrogen-bond donors (Lipinski definition) is 1. The van der Waals surface area contributed by atoms with E-state index in [1.54, 1.807) is 0 Å². The van der Waals surface area contributed by atoms with E-state index < -0.39 is 0 Å². The van der Waals surface area contributed by atoms with Crippen molar-refractivity contribution in [3.05, 3.63) is 0 Å². The second-order valence-corrected chi connectivity index (χ2v) is 5.45. The van der Waals surface area contributed by atoms with E-state index in [4.69, 9.17) is 0 Å². The molecule has 0 saturated heterocycles. The summed E-state index contributed by atoms with van der Waals surface area (Å²) in [7, 11) is 2.33. The van der Waals surface area contributed by atoms with Crippen molar-refractivity contribution in [3.63, 3.8) is 0 Å². The maximum atomic E-state index is 3.49. The maximum Gasteiger partial charge on any atom is 0.0133 e. The van der Waals surface area contributed by atoms with Crippen molar-refractivity contribution in [2.75, 3.05) is 26.7 Å². The summed E-state index contributed by atoms with van der Waals surface area (Å²) < 4.78 is 0. The highest BCUT2D eigenvalue weighted by atomic mass is 15.1. The Morgan fingerprint density at radius 1 is 1.20 bits per heavy atom. The summed E-state index contributed by atoms with van der Waals surface area (Å²) in [5.74, 6) is 1.95. The molecule has 0 heterocycles. The summed E-state index contributed by atoms with van der Waals surface area (Å²) in [5.41, 5.74) is 0. The summed E-state index contributed by atoms with van der Waals surface area (Å²) in [6.45, 7) is 5.91. The van der Waals surface area contributed by atoms with Crippen LogP contribution in [0.5, 0.6) is 0 Å². The molecule has 1 N–H and O–H groups in total. The molecule has 0 aliphatic heterocycles. The van der Waals surface area contributed by atoms with E-state index in [9.17, 15) is 0 Å². The first-order valence-corrected chi connectivity index (χ1v) is 6.72. The molecule has 2 fully saturated rings. The average molecular weight is 210 g/mol. The molecular formula is C13H26N2. The van der Waals surface area contributed by atoms with Gasteiger partial charge in [-0.1, -0.05) is 13.3 Å². The average Bonchev–Trinajstić information content (AvgIpc) is 2.10. The van der Waals surface area contributed by atoms with Crippen molar-refractivity contribution in [1.29, 1.82) is 0 Å². The van der Waals surface area contributed by atoms with E-state index in [0.717, 1.165) is 24.4 Å². The van der Waals surface area contributed by atoms with E-state index in [1.807, 2.05) is 0 Å². The van der Waals surface area contributed by atoms with Crippen LogP contribution >= 0.6 is 0 Å². The molecule has 2 aliphatic rings. The third kappa shape index (κ3) is 2.73. The van der Waals surface area contributed by atoms with Gasteiger partial charge in [0.1, 0.15) is 0 Å². The minimum Gasteiger partial charge on any atom is -0.317 e. The predicted octanol–water partition coefficient (Wildman–Crippen LogP) is 2.11.